The number of guanidine groups is 1. The molecule has 172 valence electrons. The third-order valence-electron chi connectivity index (χ3n) is 6.46. The summed E-state index contributed by atoms with van der Waals surface area (Å²) < 4.78 is 11.0. The first kappa shape index (κ1) is 23.1. The average molecular weight is 424 g/mol. The first-order valence-corrected chi connectivity index (χ1v) is 11.6. The summed E-state index contributed by atoms with van der Waals surface area (Å²) >= 11 is 0. The van der Waals surface area contributed by atoms with Gasteiger partial charge in [0.1, 0.15) is 5.60 Å². The molecule has 2 N–H and O–H groups in total. The van der Waals surface area contributed by atoms with Crippen molar-refractivity contribution in [1.29, 1.82) is 0 Å². The Balaban J connectivity index is 1.54. The van der Waals surface area contributed by atoms with Crippen LogP contribution in [0, 0.1) is 0 Å². The number of ether oxygens (including phenoxy) is 2. The third-order valence-corrected chi connectivity index (χ3v) is 6.46. The van der Waals surface area contributed by atoms with Crippen molar-refractivity contribution in [3.8, 4) is 0 Å². The molecule has 0 spiro atoms. The minimum atomic E-state index is -0.478. The number of hydrogen-bond donors (Lipinski definition) is 2. The molecule has 1 aliphatic carbocycles. The first-order chi connectivity index (χ1) is 14.3. The molecular weight excluding hydrogens is 382 g/mol. The molecule has 1 atom stereocenters. The number of rotatable bonds is 4. The van der Waals surface area contributed by atoms with Gasteiger partial charge in [-0.3, -0.25) is 9.89 Å². The van der Waals surface area contributed by atoms with E-state index in [9.17, 15) is 4.79 Å². The van der Waals surface area contributed by atoms with Gasteiger partial charge in [0, 0.05) is 45.3 Å². The molecule has 1 amide bonds. The topological polar surface area (TPSA) is 78.4 Å². The van der Waals surface area contributed by atoms with Gasteiger partial charge in [0.2, 0.25) is 0 Å². The Labute approximate surface area is 181 Å². The summed E-state index contributed by atoms with van der Waals surface area (Å²) in [5.74, 6) is 0.932. The van der Waals surface area contributed by atoms with E-state index in [2.05, 4.69) is 25.4 Å². The second-order valence-corrected chi connectivity index (χ2v) is 9.86. The van der Waals surface area contributed by atoms with Crippen molar-refractivity contribution in [1.82, 2.24) is 20.4 Å². The maximum absolute atomic E-state index is 12.1. The fraction of sp³-hybridized carbons (Fsp3) is 0.909. The number of alkyl carbamates (subject to hydrolysis) is 1. The van der Waals surface area contributed by atoms with Gasteiger partial charge in [-0.2, -0.15) is 0 Å². The predicted octanol–water partition coefficient (Wildman–Crippen LogP) is 2.20. The van der Waals surface area contributed by atoms with Crippen molar-refractivity contribution in [3.05, 3.63) is 0 Å². The summed E-state index contributed by atoms with van der Waals surface area (Å²) in [6, 6.07) is 0.0845. The number of carbonyl (C=O) groups excluding carboxylic acids is 1. The summed E-state index contributed by atoms with van der Waals surface area (Å²) in [5, 5.41) is 6.68. The Morgan fingerprint density at radius 2 is 1.87 bits per heavy atom. The third kappa shape index (κ3) is 6.23. The fourth-order valence-corrected chi connectivity index (χ4v) is 4.97. The highest BCUT2D eigenvalue weighted by molar-refractivity contribution is 5.80. The van der Waals surface area contributed by atoms with E-state index in [4.69, 9.17) is 9.47 Å². The van der Waals surface area contributed by atoms with Crippen LogP contribution in [0.1, 0.15) is 59.3 Å². The zero-order valence-corrected chi connectivity index (χ0v) is 19.3. The van der Waals surface area contributed by atoms with Crippen molar-refractivity contribution >= 4 is 12.1 Å². The molecule has 0 aromatic heterocycles. The van der Waals surface area contributed by atoms with Gasteiger partial charge in [-0.15, -0.1) is 0 Å². The molecular formula is C22H41N5O3. The van der Waals surface area contributed by atoms with Crippen LogP contribution in [0.4, 0.5) is 4.79 Å². The molecule has 30 heavy (non-hydrogen) atoms. The van der Waals surface area contributed by atoms with Crippen molar-refractivity contribution in [3.63, 3.8) is 0 Å². The zero-order chi connectivity index (χ0) is 21.6. The quantitative estimate of drug-likeness (QED) is 0.533. The van der Waals surface area contributed by atoms with Gasteiger partial charge in [-0.05, 0) is 40.0 Å². The number of aliphatic imine (C=N–C) groups is 1. The van der Waals surface area contributed by atoms with E-state index in [-0.39, 0.29) is 17.7 Å². The minimum absolute atomic E-state index is 0.0845. The summed E-state index contributed by atoms with van der Waals surface area (Å²) in [5.41, 5.74) is -0.278. The van der Waals surface area contributed by atoms with Crippen LogP contribution >= 0.6 is 0 Å². The van der Waals surface area contributed by atoms with E-state index in [1.807, 2.05) is 27.8 Å². The van der Waals surface area contributed by atoms with Gasteiger partial charge in [-0.1, -0.05) is 19.3 Å². The van der Waals surface area contributed by atoms with E-state index in [0.29, 0.717) is 0 Å². The number of nitrogens with one attached hydrogen (secondary N) is 2. The molecule has 3 fully saturated rings. The van der Waals surface area contributed by atoms with Crippen molar-refractivity contribution in [2.45, 2.75) is 76.5 Å². The number of amides is 1. The normalized spacial score (nSPS) is 25.8. The van der Waals surface area contributed by atoms with E-state index in [0.717, 1.165) is 58.3 Å². The van der Waals surface area contributed by atoms with Gasteiger partial charge in [-0.25, -0.2) is 4.79 Å². The number of carbonyl (C=O) groups is 1. The lowest BCUT2D eigenvalue weighted by molar-refractivity contribution is -0.0354. The number of morpholine rings is 1. The van der Waals surface area contributed by atoms with E-state index >= 15 is 0 Å². The van der Waals surface area contributed by atoms with Gasteiger partial charge < -0.3 is 25.0 Å². The molecule has 2 saturated heterocycles. The molecule has 3 rings (SSSR count). The molecule has 1 unspecified atom stereocenters. The molecule has 0 aromatic carbocycles. The van der Waals surface area contributed by atoms with Crippen LogP contribution in [0.5, 0.6) is 0 Å². The Morgan fingerprint density at radius 3 is 2.50 bits per heavy atom. The second kappa shape index (κ2) is 10.2. The molecule has 8 nitrogen and oxygen atoms in total. The molecule has 3 aliphatic rings. The second-order valence-electron chi connectivity index (χ2n) is 9.86. The lowest BCUT2D eigenvalue weighted by atomic mass is 9.80. The molecule has 1 saturated carbocycles. The monoisotopic (exact) mass is 423 g/mol. The van der Waals surface area contributed by atoms with Gasteiger partial charge in [0.15, 0.2) is 5.96 Å². The average Bonchev–Trinajstić information content (AvgIpc) is 3.16. The summed E-state index contributed by atoms with van der Waals surface area (Å²) in [4.78, 5) is 21.5. The summed E-state index contributed by atoms with van der Waals surface area (Å²) in [7, 11) is 1.85. The van der Waals surface area contributed by atoms with Gasteiger partial charge in [0.25, 0.3) is 0 Å². The van der Waals surface area contributed by atoms with Crippen LogP contribution in [0.3, 0.4) is 0 Å². The van der Waals surface area contributed by atoms with Crippen LogP contribution in [0.2, 0.25) is 0 Å². The highest BCUT2D eigenvalue weighted by Crippen LogP contribution is 2.34. The Morgan fingerprint density at radius 1 is 1.17 bits per heavy atom. The summed E-state index contributed by atoms with van der Waals surface area (Å²) in [6.07, 6.45) is 6.96. The number of hydrogen-bond acceptors (Lipinski definition) is 5. The predicted molar refractivity (Wildman–Crippen MR) is 119 cm³/mol. The van der Waals surface area contributed by atoms with E-state index in [1.54, 1.807) is 0 Å². The molecule has 2 heterocycles. The number of likely N-dealkylation sites (tertiary alicyclic amines) is 1. The Hall–Kier alpha value is -1.54. The Kier molecular flexibility index (Phi) is 7.85. The molecule has 0 radical (unpaired) electrons. The van der Waals surface area contributed by atoms with Crippen LogP contribution in [-0.2, 0) is 9.47 Å². The van der Waals surface area contributed by atoms with E-state index in [1.165, 1.54) is 32.1 Å². The number of nitrogens with zero attached hydrogens (tertiary/aromatic N) is 3. The lowest BCUT2D eigenvalue weighted by Crippen LogP contribution is -2.60. The standard InChI is InChI=1S/C22H41N5O3/c1-21(2,3)30-20(28)25-18-8-11-26(16-18)19(23-4)24-17-22(9-6-5-7-10-22)27-12-14-29-15-13-27/h18H,5-17H2,1-4H3,(H,23,24)(H,25,28). The smallest absolute Gasteiger partial charge is 0.407 e. The first-order valence-electron chi connectivity index (χ1n) is 11.6. The fourth-order valence-electron chi connectivity index (χ4n) is 4.97. The molecule has 0 aromatic rings. The van der Waals surface area contributed by atoms with Gasteiger partial charge in [0.05, 0.1) is 19.3 Å². The summed E-state index contributed by atoms with van der Waals surface area (Å²) in [6.45, 7) is 11.9. The molecule has 8 heteroatoms. The lowest BCUT2D eigenvalue weighted by Gasteiger charge is -2.48. The van der Waals surface area contributed by atoms with Crippen molar-refractivity contribution < 1.29 is 14.3 Å². The molecule has 0 bridgehead atoms. The minimum Gasteiger partial charge on any atom is -0.444 e. The van der Waals surface area contributed by atoms with Crippen LogP contribution in [-0.4, -0.2) is 92.0 Å². The maximum atomic E-state index is 12.1. The van der Waals surface area contributed by atoms with Crippen LogP contribution in [0.25, 0.3) is 0 Å². The molecule has 2 aliphatic heterocycles. The van der Waals surface area contributed by atoms with Gasteiger partial charge >= 0.3 is 6.09 Å². The van der Waals surface area contributed by atoms with E-state index < -0.39 is 5.60 Å². The Bertz CT molecular complexity index is 592. The highest BCUT2D eigenvalue weighted by Gasteiger charge is 2.39. The highest BCUT2D eigenvalue weighted by atomic mass is 16.6. The van der Waals surface area contributed by atoms with Crippen LogP contribution < -0.4 is 10.6 Å². The largest absolute Gasteiger partial charge is 0.444 e. The SMILES string of the molecule is CN=C(NCC1(N2CCOCC2)CCCCC1)N1CCC(NC(=O)OC(C)(C)C)C1. The van der Waals surface area contributed by atoms with Crippen molar-refractivity contribution in [2.24, 2.45) is 4.99 Å². The zero-order valence-electron chi connectivity index (χ0n) is 19.3. The maximum Gasteiger partial charge on any atom is 0.407 e. The van der Waals surface area contributed by atoms with Crippen molar-refractivity contribution in [2.75, 3.05) is 53.0 Å². The van der Waals surface area contributed by atoms with Crippen LogP contribution in [0.15, 0.2) is 4.99 Å².